The number of nitrogen functional groups attached to an aromatic ring is 2. The molecule has 6 heteroatoms. The zero-order valence-electron chi connectivity index (χ0n) is 13.5. The van der Waals surface area contributed by atoms with Gasteiger partial charge in [-0.1, -0.05) is 13.8 Å². The molecule has 0 bridgehead atoms. The second-order valence-electron chi connectivity index (χ2n) is 4.62. The molecule has 0 aromatic heterocycles. The van der Waals surface area contributed by atoms with E-state index in [0.717, 1.165) is 12.1 Å². The summed E-state index contributed by atoms with van der Waals surface area (Å²) < 4.78 is 32.5. The van der Waals surface area contributed by atoms with Crippen LogP contribution in [0.2, 0.25) is 0 Å². The zero-order chi connectivity index (χ0) is 17.7. The SMILES string of the molecule is CC.CC(=O)c1c(N)ccc(Oc2cc(F)cc(N)c2F)c1C. The molecule has 0 aliphatic carbocycles. The lowest BCUT2D eigenvalue weighted by molar-refractivity contribution is 0.101. The van der Waals surface area contributed by atoms with Gasteiger partial charge < -0.3 is 16.2 Å². The molecule has 2 rings (SSSR count). The highest BCUT2D eigenvalue weighted by atomic mass is 19.1. The number of nitrogens with two attached hydrogens (primary N) is 2. The van der Waals surface area contributed by atoms with Crippen LogP contribution in [0, 0.1) is 18.6 Å². The van der Waals surface area contributed by atoms with Gasteiger partial charge >= 0.3 is 0 Å². The van der Waals surface area contributed by atoms with Crippen LogP contribution >= 0.6 is 0 Å². The molecule has 0 unspecified atom stereocenters. The van der Waals surface area contributed by atoms with Crippen LogP contribution in [-0.4, -0.2) is 5.78 Å². The van der Waals surface area contributed by atoms with Crippen molar-refractivity contribution in [1.82, 2.24) is 0 Å². The van der Waals surface area contributed by atoms with Crippen LogP contribution in [0.25, 0.3) is 0 Å². The van der Waals surface area contributed by atoms with Crippen molar-refractivity contribution >= 4 is 17.2 Å². The van der Waals surface area contributed by atoms with Crippen molar-refractivity contribution in [3.8, 4) is 11.5 Å². The minimum atomic E-state index is -0.864. The minimum Gasteiger partial charge on any atom is -0.454 e. The van der Waals surface area contributed by atoms with Crippen molar-refractivity contribution in [3.63, 3.8) is 0 Å². The standard InChI is InChI=1S/C15H14F2N2O2.C2H6/c1-7-12(4-3-10(18)14(7)8(2)20)21-13-6-9(16)5-11(19)15(13)17;1-2/h3-6H,18-19H2,1-2H3;1-2H3. The van der Waals surface area contributed by atoms with Crippen LogP contribution in [0.15, 0.2) is 24.3 Å². The van der Waals surface area contributed by atoms with Gasteiger partial charge in [0.05, 0.1) is 5.69 Å². The summed E-state index contributed by atoms with van der Waals surface area (Å²) in [6.07, 6.45) is 0. The smallest absolute Gasteiger partial charge is 0.188 e. The van der Waals surface area contributed by atoms with Crippen LogP contribution in [0.3, 0.4) is 0 Å². The fourth-order valence-electron chi connectivity index (χ4n) is 2.07. The van der Waals surface area contributed by atoms with Gasteiger partial charge in [-0.3, -0.25) is 4.79 Å². The van der Waals surface area contributed by atoms with E-state index >= 15 is 0 Å². The molecular formula is C17H20F2N2O2. The molecule has 0 radical (unpaired) electrons. The number of carbonyl (C=O) groups excluding carboxylic acids is 1. The van der Waals surface area contributed by atoms with Gasteiger partial charge in [0.2, 0.25) is 0 Å². The van der Waals surface area contributed by atoms with Crippen LogP contribution in [-0.2, 0) is 0 Å². The number of benzene rings is 2. The Morgan fingerprint density at radius 1 is 1.04 bits per heavy atom. The Morgan fingerprint density at radius 2 is 1.65 bits per heavy atom. The summed E-state index contributed by atoms with van der Waals surface area (Å²) >= 11 is 0. The lowest BCUT2D eigenvalue weighted by Gasteiger charge is -2.14. The van der Waals surface area contributed by atoms with Gasteiger partial charge in [0.25, 0.3) is 0 Å². The molecule has 0 heterocycles. The molecule has 0 aliphatic heterocycles. The molecule has 0 fully saturated rings. The monoisotopic (exact) mass is 322 g/mol. The lowest BCUT2D eigenvalue weighted by atomic mass is 10.0. The van der Waals surface area contributed by atoms with E-state index in [-0.39, 0.29) is 28.5 Å². The normalized spacial score (nSPS) is 9.83. The van der Waals surface area contributed by atoms with Crippen LogP contribution in [0.4, 0.5) is 20.2 Å². The van der Waals surface area contributed by atoms with Crippen LogP contribution in [0.1, 0.15) is 36.7 Å². The molecule has 0 saturated heterocycles. The van der Waals surface area contributed by atoms with Crippen molar-refractivity contribution < 1.29 is 18.3 Å². The fourth-order valence-corrected chi connectivity index (χ4v) is 2.07. The van der Waals surface area contributed by atoms with Crippen molar-refractivity contribution in [2.24, 2.45) is 0 Å². The maximum absolute atomic E-state index is 13.8. The van der Waals surface area contributed by atoms with Crippen molar-refractivity contribution in [3.05, 3.63) is 47.0 Å². The fraction of sp³-hybridized carbons (Fsp3) is 0.235. The van der Waals surface area contributed by atoms with Gasteiger partial charge in [0, 0.05) is 28.9 Å². The third-order valence-corrected chi connectivity index (χ3v) is 3.05. The molecule has 4 nitrogen and oxygen atoms in total. The number of ketones is 1. The first-order valence-corrected chi connectivity index (χ1v) is 7.13. The Bertz CT molecular complexity index is 731. The van der Waals surface area contributed by atoms with Crippen LogP contribution in [0.5, 0.6) is 11.5 Å². The summed E-state index contributed by atoms with van der Waals surface area (Å²) in [6.45, 7) is 6.98. The average molecular weight is 322 g/mol. The maximum atomic E-state index is 13.8. The highest BCUT2D eigenvalue weighted by Gasteiger charge is 2.16. The van der Waals surface area contributed by atoms with E-state index in [1.165, 1.54) is 19.1 Å². The summed E-state index contributed by atoms with van der Waals surface area (Å²) in [5, 5.41) is 0. The van der Waals surface area contributed by atoms with E-state index in [1.54, 1.807) is 6.92 Å². The second-order valence-corrected chi connectivity index (χ2v) is 4.62. The zero-order valence-corrected chi connectivity index (χ0v) is 13.5. The number of hydrogen-bond donors (Lipinski definition) is 2. The summed E-state index contributed by atoms with van der Waals surface area (Å²) in [5.41, 5.74) is 11.8. The van der Waals surface area contributed by atoms with E-state index in [9.17, 15) is 13.6 Å². The van der Waals surface area contributed by atoms with Gasteiger partial charge in [-0.25, -0.2) is 8.78 Å². The number of carbonyl (C=O) groups is 1. The quantitative estimate of drug-likeness (QED) is 0.646. The summed E-state index contributed by atoms with van der Waals surface area (Å²) in [6, 6.07) is 4.70. The minimum absolute atomic E-state index is 0.207. The molecule has 0 spiro atoms. The van der Waals surface area contributed by atoms with E-state index in [2.05, 4.69) is 0 Å². The predicted molar refractivity (Wildman–Crippen MR) is 87.8 cm³/mol. The highest BCUT2D eigenvalue weighted by molar-refractivity contribution is 6.01. The van der Waals surface area contributed by atoms with Gasteiger partial charge in [0.15, 0.2) is 17.3 Å². The number of Topliss-reactive ketones (excluding diaryl/α,β-unsaturated/α-hetero) is 1. The van der Waals surface area contributed by atoms with Crippen LogP contribution < -0.4 is 16.2 Å². The van der Waals surface area contributed by atoms with Gasteiger partial charge in [-0.05, 0) is 26.0 Å². The Kier molecular flexibility index (Phi) is 6.07. The molecule has 0 aliphatic rings. The molecule has 0 atom stereocenters. The molecule has 2 aromatic carbocycles. The van der Waals surface area contributed by atoms with Gasteiger partial charge in [-0.15, -0.1) is 0 Å². The van der Waals surface area contributed by atoms with E-state index in [0.29, 0.717) is 11.3 Å². The first-order chi connectivity index (χ1) is 10.8. The number of rotatable bonds is 3. The maximum Gasteiger partial charge on any atom is 0.188 e. The third-order valence-electron chi connectivity index (χ3n) is 3.05. The summed E-state index contributed by atoms with van der Waals surface area (Å²) in [5.74, 6) is -1.97. The predicted octanol–water partition coefficient (Wildman–Crippen LogP) is 4.46. The van der Waals surface area contributed by atoms with Crippen molar-refractivity contribution in [2.45, 2.75) is 27.7 Å². The van der Waals surface area contributed by atoms with E-state index in [4.69, 9.17) is 16.2 Å². The summed E-state index contributed by atoms with van der Waals surface area (Å²) in [7, 11) is 0. The Labute approximate surface area is 134 Å². The Morgan fingerprint density at radius 3 is 2.22 bits per heavy atom. The average Bonchev–Trinajstić information content (AvgIpc) is 2.49. The molecule has 124 valence electrons. The Hall–Kier alpha value is -2.63. The highest BCUT2D eigenvalue weighted by Crippen LogP contribution is 2.33. The molecule has 4 N–H and O–H groups in total. The third kappa shape index (κ3) is 3.97. The van der Waals surface area contributed by atoms with E-state index < -0.39 is 11.6 Å². The molecular weight excluding hydrogens is 302 g/mol. The first kappa shape index (κ1) is 18.4. The molecule has 0 amide bonds. The largest absolute Gasteiger partial charge is 0.454 e. The topological polar surface area (TPSA) is 78.3 Å². The second kappa shape index (κ2) is 7.58. The van der Waals surface area contributed by atoms with Gasteiger partial charge in [-0.2, -0.15) is 0 Å². The van der Waals surface area contributed by atoms with E-state index in [1.807, 2.05) is 13.8 Å². The van der Waals surface area contributed by atoms with Crippen molar-refractivity contribution in [1.29, 1.82) is 0 Å². The molecule has 0 saturated carbocycles. The lowest BCUT2D eigenvalue weighted by Crippen LogP contribution is -2.04. The number of anilines is 2. The molecule has 2 aromatic rings. The summed E-state index contributed by atoms with van der Waals surface area (Å²) in [4.78, 5) is 11.6. The van der Waals surface area contributed by atoms with Gasteiger partial charge in [0.1, 0.15) is 11.6 Å². The molecule has 23 heavy (non-hydrogen) atoms. The number of ether oxygens (including phenoxy) is 1. The number of hydrogen-bond acceptors (Lipinski definition) is 4. The first-order valence-electron chi connectivity index (χ1n) is 7.13. The van der Waals surface area contributed by atoms with Crippen molar-refractivity contribution in [2.75, 3.05) is 11.5 Å². The number of halogens is 2. The Balaban J connectivity index is 0.00000127.